The van der Waals surface area contributed by atoms with E-state index in [0.717, 1.165) is 42.5 Å². The summed E-state index contributed by atoms with van der Waals surface area (Å²) in [6.07, 6.45) is -0.571. The van der Waals surface area contributed by atoms with E-state index < -0.39 is 133 Å². The van der Waals surface area contributed by atoms with Crippen molar-refractivity contribution in [2.24, 2.45) is 11.8 Å². The number of aliphatic hydroxyl groups is 5. The molecule has 0 unspecified atom stereocenters. The maximum Gasteiger partial charge on any atom is 0.331 e. The molecule has 10 heterocycles. The van der Waals surface area contributed by atoms with Gasteiger partial charge in [-0.1, -0.05) is 33.6 Å². The van der Waals surface area contributed by atoms with Crippen LogP contribution in [0.1, 0.15) is 39.5 Å². The number of carbonyl (C=O) groups excluding carboxylic acids is 6. The molecule has 0 aliphatic carbocycles. The molecular formula is C59H76O33. The SMILES string of the molecule is C=C(O)/C=C\C(=O)O[C@H]1CO[C@H]2[C@@H]1OC[C@@H]2O.C=C(O)CCC(=O)O[C@H]1CO[C@H]2[C@@H]1OC[C@@H]2O.C=C(O)CCC(=O)O[C@H]1CO[C@H]2[C@@H]1OC[C@@H]2OC(=O)/C=C/C(=O)O.C[C@H]1CO[C@H]2[C@@H]1OC[C@@H]2OC(=O)/C=C/C(=O)O.C[C@H]1CO[C@H]2[C@@H]1OC[C@@H]2OC(=O)/C=C/C(=O)O. The molecule has 33 nitrogen and oxygen atoms in total. The molecule has 10 aliphatic rings. The first-order valence-corrected chi connectivity index (χ1v) is 28.9. The molecule has 0 bridgehead atoms. The van der Waals surface area contributed by atoms with Gasteiger partial charge in [-0.15, -0.1) is 0 Å². The first-order valence-electron chi connectivity index (χ1n) is 28.9. The second kappa shape index (κ2) is 35.4. The summed E-state index contributed by atoms with van der Waals surface area (Å²) < 4.78 is 84.8. The van der Waals surface area contributed by atoms with Gasteiger partial charge in [-0.3, -0.25) is 9.59 Å². The smallest absolute Gasteiger partial charge is 0.331 e. The molecule has 0 radical (unpaired) electrons. The minimum atomic E-state index is -1.26. The van der Waals surface area contributed by atoms with E-state index in [1.54, 1.807) is 0 Å². The van der Waals surface area contributed by atoms with Crippen molar-refractivity contribution in [3.8, 4) is 0 Å². The number of ether oxygens (including phenoxy) is 16. The number of aliphatic carboxylic acids is 3. The van der Waals surface area contributed by atoms with Gasteiger partial charge in [-0.05, 0) is 6.08 Å². The number of fused-ring (bicyclic) bond motifs is 5. The Kier molecular flexibility index (Phi) is 28.2. The van der Waals surface area contributed by atoms with Crippen LogP contribution < -0.4 is 0 Å². The van der Waals surface area contributed by atoms with Gasteiger partial charge in [-0.25, -0.2) is 33.6 Å². The van der Waals surface area contributed by atoms with Crippen molar-refractivity contribution in [3.05, 3.63) is 85.6 Å². The van der Waals surface area contributed by atoms with Crippen LogP contribution in [-0.2, 0) is 119 Å². The minimum absolute atomic E-state index is 0.0123. The lowest BCUT2D eigenvalue weighted by molar-refractivity contribution is -0.155. The summed E-state index contributed by atoms with van der Waals surface area (Å²) >= 11 is 0. The highest BCUT2D eigenvalue weighted by Crippen LogP contribution is 2.35. The molecule has 10 rings (SSSR count). The summed E-state index contributed by atoms with van der Waals surface area (Å²) in [7, 11) is 0. The molecule has 0 aromatic carbocycles. The number of carbonyl (C=O) groups is 9. The normalized spacial score (nSPS) is 34.0. The molecule has 8 N–H and O–H groups in total. The van der Waals surface area contributed by atoms with Crippen LogP contribution in [-0.4, -0.2) is 271 Å². The summed E-state index contributed by atoms with van der Waals surface area (Å²) in [5, 5.41) is 70.8. The highest BCUT2D eigenvalue weighted by Gasteiger charge is 2.53. The predicted molar refractivity (Wildman–Crippen MR) is 300 cm³/mol. The maximum atomic E-state index is 11.7. The first-order chi connectivity index (χ1) is 43.7. The van der Waals surface area contributed by atoms with Gasteiger partial charge in [0.25, 0.3) is 0 Å². The van der Waals surface area contributed by atoms with Gasteiger partial charge in [-0.2, -0.15) is 0 Å². The molecule has 92 heavy (non-hydrogen) atoms. The number of carboxylic acid groups (broad SMARTS) is 3. The summed E-state index contributed by atoms with van der Waals surface area (Å²) in [6.45, 7) is 16.6. The summed E-state index contributed by atoms with van der Waals surface area (Å²) in [6, 6.07) is 0. The molecule has 10 aliphatic heterocycles. The summed E-state index contributed by atoms with van der Waals surface area (Å²) in [5.41, 5.74) is 0. The zero-order chi connectivity index (χ0) is 67.3. The van der Waals surface area contributed by atoms with E-state index in [1.165, 1.54) is 0 Å². The fourth-order valence-electron chi connectivity index (χ4n) is 10.5. The third-order valence-corrected chi connectivity index (χ3v) is 14.8. The third-order valence-electron chi connectivity index (χ3n) is 14.8. The molecule has 10 fully saturated rings. The van der Waals surface area contributed by atoms with Crippen molar-refractivity contribution < 1.29 is 160 Å². The molecule has 0 amide bonds. The van der Waals surface area contributed by atoms with Gasteiger partial charge in [0, 0.05) is 67.2 Å². The van der Waals surface area contributed by atoms with Crippen LogP contribution in [0.2, 0.25) is 0 Å². The Morgan fingerprint density at radius 3 is 0.859 bits per heavy atom. The van der Waals surface area contributed by atoms with Crippen molar-refractivity contribution in [2.45, 2.75) is 149 Å². The number of allylic oxidation sites excluding steroid dienone is 3. The van der Waals surface area contributed by atoms with E-state index in [2.05, 4.69) is 19.7 Å². The van der Waals surface area contributed by atoms with Crippen molar-refractivity contribution >= 4 is 53.7 Å². The van der Waals surface area contributed by atoms with Gasteiger partial charge < -0.3 is 117 Å². The van der Waals surface area contributed by atoms with Crippen LogP contribution in [0.3, 0.4) is 0 Å². The van der Waals surface area contributed by atoms with E-state index in [-0.39, 0.29) is 113 Å². The summed E-state index contributed by atoms with van der Waals surface area (Å²) in [5.74, 6) is -7.20. The summed E-state index contributed by atoms with van der Waals surface area (Å²) in [4.78, 5) is 99.3. The van der Waals surface area contributed by atoms with Crippen LogP contribution >= 0.6 is 0 Å². The zero-order valence-corrected chi connectivity index (χ0v) is 50.0. The number of hydrogen-bond acceptors (Lipinski definition) is 30. The monoisotopic (exact) mass is 1310 g/mol. The van der Waals surface area contributed by atoms with E-state index in [0.29, 0.717) is 44.3 Å². The standard InChI is InChI=1S/C15H18O9.2C11H14O6.C11H16O6.C11H14O6/c1-8(16)2-4-12(19)23-9-6-21-15-10(7-22-14(9)15)24-13(20)5-3-11(17)18;2*1-6-4-15-11-7(5-16-10(6)11)17-9(14)3-2-8(12)13;2*1-6(12)2-3-9(14)17-8-5-16-10-7(13)4-15-11(8)10/h3,5,9-10,14-16H,1-2,4,6-7H2,(H,17,18);2*2-3,6-7,10-11H,4-5H2,1H3,(H,12,13);7-8,10-13H,1-5H2;2-3,7-8,10-13H,1,4-5H2/b5-3+;2*3-2+;;3-2-/t9-,10-,14+,15+;2*6-,7-,10+,11+;2*7-,8-,10+,11+/m00000/s1. The molecular weight excluding hydrogens is 1240 g/mol. The first kappa shape index (κ1) is 73.4. The molecule has 0 spiro atoms. The van der Waals surface area contributed by atoms with Gasteiger partial charge in [0.1, 0.15) is 66.8 Å². The van der Waals surface area contributed by atoms with Crippen LogP contribution in [0.5, 0.6) is 0 Å². The van der Waals surface area contributed by atoms with E-state index in [1.807, 2.05) is 13.8 Å². The molecule has 510 valence electrons. The number of aliphatic hydroxyl groups excluding tert-OH is 5. The largest absolute Gasteiger partial charge is 0.513 e. The Balaban J connectivity index is 0.000000184. The zero-order valence-electron chi connectivity index (χ0n) is 50.0. The molecule has 33 heteroatoms. The van der Waals surface area contributed by atoms with E-state index >= 15 is 0 Å². The lowest BCUT2D eigenvalue weighted by Crippen LogP contribution is -2.35. The lowest BCUT2D eigenvalue weighted by atomic mass is 10.0. The lowest BCUT2D eigenvalue weighted by Gasteiger charge is -2.17. The van der Waals surface area contributed by atoms with Gasteiger partial charge in [0.05, 0.1) is 103 Å². The Bertz CT molecular complexity index is 2590. The van der Waals surface area contributed by atoms with Crippen LogP contribution in [0.25, 0.3) is 0 Å². The van der Waals surface area contributed by atoms with Gasteiger partial charge in [0.15, 0.2) is 36.6 Å². The Hall–Kier alpha value is -7.67. The van der Waals surface area contributed by atoms with E-state index in [9.17, 15) is 53.4 Å². The number of rotatable bonds is 20. The van der Waals surface area contributed by atoms with Crippen molar-refractivity contribution in [3.63, 3.8) is 0 Å². The second-order valence-electron chi connectivity index (χ2n) is 22.0. The van der Waals surface area contributed by atoms with Gasteiger partial charge >= 0.3 is 53.7 Å². The third kappa shape index (κ3) is 22.3. The average molecular weight is 1310 g/mol. The number of esters is 6. The van der Waals surface area contributed by atoms with Crippen LogP contribution in [0, 0.1) is 11.8 Å². The fourth-order valence-corrected chi connectivity index (χ4v) is 10.5. The Morgan fingerprint density at radius 2 is 0.565 bits per heavy atom. The van der Waals surface area contributed by atoms with Crippen molar-refractivity contribution in [2.75, 3.05) is 66.1 Å². The molecule has 0 aromatic heterocycles. The minimum Gasteiger partial charge on any atom is -0.513 e. The molecule has 0 aromatic rings. The highest BCUT2D eigenvalue weighted by molar-refractivity contribution is 5.92. The molecule has 0 saturated carbocycles. The number of hydrogen-bond donors (Lipinski definition) is 8. The molecule has 20 atom stereocenters. The van der Waals surface area contributed by atoms with Crippen LogP contribution in [0.15, 0.2) is 85.6 Å². The van der Waals surface area contributed by atoms with E-state index in [4.69, 9.17) is 106 Å². The Labute approximate surface area is 525 Å². The average Bonchev–Trinajstić information content (AvgIpc) is 1.72. The fraction of sp³-hybridized carbons (Fsp3) is 0.610. The number of carboxylic acids is 3. The topological polar surface area (TPSA) is 463 Å². The van der Waals surface area contributed by atoms with Crippen LogP contribution in [0.4, 0.5) is 0 Å². The second-order valence-corrected chi connectivity index (χ2v) is 22.0. The van der Waals surface area contributed by atoms with Crippen molar-refractivity contribution in [1.29, 1.82) is 0 Å². The maximum absolute atomic E-state index is 11.7. The predicted octanol–water partition coefficient (Wildman–Crippen LogP) is -0.361. The quantitative estimate of drug-likeness (QED) is 0.0254. The Morgan fingerprint density at radius 1 is 0.326 bits per heavy atom. The van der Waals surface area contributed by atoms with Crippen molar-refractivity contribution in [1.82, 2.24) is 0 Å². The van der Waals surface area contributed by atoms with Gasteiger partial charge in [0.2, 0.25) is 0 Å². The molecule has 10 saturated heterocycles. The highest BCUT2D eigenvalue weighted by atomic mass is 16.7.